The number of aromatic nitrogens is 2. The molecule has 0 amide bonds. The summed E-state index contributed by atoms with van der Waals surface area (Å²) in [5, 5.41) is 9.87. The van der Waals surface area contributed by atoms with Crippen molar-refractivity contribution in [1.29, 1.82) is 0 Å². The number of nitrogens with zero attached hydrogens (tertiary/aromatic N) is 3. The van der Waals surface area contributed by atoms with Gasteiger partial charge in [0.15, 0.2) is 11.5 Å². The van der Waals surface area contributed by atoms with E-state index in [1.54, 1.807) is 18.3 Å². The first-order valence-electron chi connectivity index (χ1n) is 10.9. The van der Waals surface area contributed by atoms with Crippen LogP contribution < -0.4 is 9.47 Å². The minimum absolute atomic E-state index is 0.0837. The van der Waals surface area contributed by atoms with E-state index in [-0.39, 0.29) is 11.3 Å². The van der Waals surface area contributed by atoms with Crippen LogP contribution in [0.4, 0.5) is 0 Å². The highest BCUT2D eigenvalue weighted by Crippen LogP contribution is 2.38. The van der Waals surface area contributed by atoms with E-state index in [2.05, 4.69) is 14.5 Å². The Balaban J connectivity index is 1.59. The fourth-order valence-corrected chi connectivity index (χ4v) is 5.28. The van der Waals surface area contributed by atoms with Crippen molar-refractivity contribution in [3.63, 3.8) is 0 Å². The van der Waals surface area contributed by atoms with Gasteiger partial charge in [-0.15, -0.1) is 0 Å². The number of imidazole rings is 1. The van der Waals surface area contributed by atoms with Crippen LogP contribution in [0.5, 0.6) is 11.5 Å². The summed E-state index contributed by atoms with van der Waals surface area (Å²) in [6.45, 7) is 3.31. The van der Waals surface area contributed by atoms with Crippen LogP contribution in [0, 0.1) is 5.92 Å². The number of carboxylic acids is 1. The number of ether oxygens (including phenoxy) is 2. The van der Waals surface area contributed by atoms with E-state index >= 15 is 0 Å². The zero-order valence-electron chi connectivity index (χ0n) is 17.8. The van der Waals surface area contributed by atoms with Crippen molar-refractivity contribution < 1.29 is 19.4 Å². The summed E-state index contributed by atoms with van der Waals surface area (Å²) in [4.78, 5) is 19.2. The smallest absolute Gasteiger partial charge is 0.340 e. The molecule has 3 heterocycles. The zero-order valence-corrected chi connectivity index (χ0v) is 17.8. The number of aromatic carboxylic acids is 1. The molecule has 1 aromatic heterocycles. The Morgan fingerprint density at radius 2 is 2.00 bits per heavy atom. The van der Waals surface area contributed by atoms with Gasteiger partial charge < -0.3 is 24.0 Å². The van der Waals surface area contributed by atoms with Gasteiger partial charge in [-0.1, -0.05) is 6.42 Å². The first kappa shape index (κ1) is 20.7. The van der Waals surface area contributed by atoms with Crippen LogP contribution in [0.3, 0.4) is 0 Å². The lowest BCUT2D eigenvalue weighted by Gasteiger charge is -2.44. The van der Waals surface area contributed by atoms with E-state index in [4.69, 9.17) is 9.47 Å². The van der Waals surface area contributed by atoms with Crippen molar-refractivity contribution in [2.24, 2.45) is 5.92 Å². The monoisotopic (exact) mass is 413 g/mol. The highest BCUT2D eigenvalue weighted by molar-refractivity contribution is 5.99. The predicted octanol–water partition coefficient (Wildman–Crippen LogP) is 3.92. The lowest BCUT2D eigenvalue weighted by molar-refractivity contribution is 0.0539. The summed E-state index contributed by atoms with van der Waals surface area (Å²) in [6.07, 6.45) is 11.3. The SMILES string of the molecule is COc1ccc(-c2nccn2CC[C@@H]2CCCN3CCCC[C@H]23)c(C(=O)O)c1OC. The molecule has 2 aromatic rings. The molecular formula is C23H31N3O4. The lowest BCUT2D eigenvalue weighted by Crippen LogP contribution is -2.48. The van der Waals surface area contributed by atoms with Crippen LogP contribution in [0.25, 0.3) is 11.4 Å². The number of hydrogen-bond acceptors (Lipinski definition) is 5. The second kappa shape index (κ2) is 9.08. The standard InChI is InChI=1S/C23H31N3O4/c1-29-19-9-8-17(20(23(27)28)21(19)30-2)22-24-11-15-26(22)14-10-16-6-5-13-25-12-4-3-7-18(16)25/h8-9,11,15-16,18H,3-7,10,12-14H2,1-2H3,(H,27,28)/t16-,18+/m0/s1. The predicted molar refractivity (Wildman–Crippen MR) is 114 cm³/mol. The maximum Gasteiger partial charge on any atom is 0.340 e. The first-order chi connectivity index (χ1) is 14.6. The molecule has 0 spiro atoms. The number of aryl methyl sites for hydroxylation is 1. The van der Waals surface area contributed by atoms with Gasteiger partial charge in [-0.3, -0.25) is 0 Å². The van der Waals surface area contributed by atoms with Crippen molar-refractivity contribution in [2.45, 2.75) is 51.1 Å². The van der Waals surface area contributed by atoms with Gasteiger partial charge in [0.1, 0.15) is 11.4 Å². The lowest BCUT2D eigenvalue weighted by atomic mass is 9.81. The van der Waals surface area contributed by atoms with Gasteiger partial charge in [-0.25, -0.2) is 9.78 Å². The van der Waals surface area contributed by atoms with Gasteiger partial charge in [0, 0.05) is 30.5 Å². The van der Waals surface area contributed by atoms with Gasteiger partial charge in [-0.05, 0) is 63.2 Å². The number of methoxy groups -OCH3 is 2. The Labute approximate surface area is 177 Å². The van der Waals surface area contributed by atoms with Gasteiger partial charge in [0.25, 0.3) is 0 Å². The molecule has 0 radical (unpaired) electrons. The summed E-state index contributed by atoms with van der Waals surface area (Å²) in [5.74, 6) is 0.919. The van der Waals surface area contributed by atoms with E-state index in [0.29, 0.717) is 29.1 Å². The number of carbonyl (C=O) groups is 1. The van der Waals surface area contributed by atoms with Crippen molar-refractivity contribution in [1.82, 2.24) is 14.5 Å². The van der Waals surface area contributed by atoms with Crippen LogP contribution in [-0.4, -0.2) is 58.9 Å². The van der Waals surface area contributed by atoms with Crippen molar-refractivity contribution in [3.05, 3.63) is 30.1 Å². The van der Waals surface area contributed by atoms with Crippen molar-refractivity contribution in [2.75, 3.05) is 27.3 Å². The van der Waals surface area contributed by atoms with Crippen LogP contribution in [-0.2, 0) is 6.54 Å². The normalized spacial score (nSPS) is 21.8. The Bertz CT molecular complexity index is 893. The quantitative estimate of drug-likeness (QED) is 0.741. The van der Waals surface area contributed by atoms with Gasteiger partial charge in [0.05, 0.1) is 14.2 Å². The minimum atomic E-state index is -1.06. The summed E-state index contributed by atoms with van der Waals surface area (Å²) >= 11 is 0. The molecule has 1 aromatic carbocycles. The Hall–Kier alpha value is -2.54. The Morgan fingerprint density at radius 1 is 1.17 bits per heavy atom. The number of piperidine rings is 2. The van der Waals surface area contributed by atoms with E-state index in [0.717, 1.165) is 13.0 Å². The number of fused-ring (bicyclic) bond motifs is 1. The molecule has 2 fully saturated rings. The summed E-state index contributed by atoms with van der Waals surface area (Å²) in [5.41, 5.74) is 0.633. The molecule has 0 unspecified atom stereocenters. The molecule has 2 aliphatic heterocycles. The zero-order chi connectivity index (χ0) is 21.1. The molecule has 7 heteroatoms. The maximum atomic E-state index is 12.1. The van der Waals surface area contributed by atoms with Crippen LogP contribution in [0.2, 0.25) is 0 Å². The van der Waals surface area contributed by atoms with Crippen LogP contribution in [0.1, 0.15) is 48.9 Å². The second-order valence-corrected chi connectivity index (χ2v) is 8.26. The third-order valence-electron chi connectivity index (χ3n) is 6.69. The molecule has 0 saturated carbocycles. The van der Waals surface area contributed by atoms with Gasteiger partial charge >= 0.3 is 5.97 Å². The number of carboxylic acid groups (broad SMARTS) is 1. The molecule has 30 heavy (non-hydrogen) atoms. The van der Waals surface area contributed by atoms with Crippen LogP contribution >= 0.6 is 0 Å². The molecule has 162 valence electrons. The van der Waals surface area contributed by atoms with E-state index < -0.39 is 5.97 Å². The largest absolute Gasteiger partial charge is 0.493 e. The molecular weight excluding hydrogens is 382 g/mol. The highest BCUT2D eigenvalue weighted by Gasteiger charge is 2.33. The molecule has 0 bridgehead atoms. The molecule has 7 nitrogen and oxygen atoms in total. The summed E-state index contributed by atoms with van der Waals surface area (Å²) in [6, 6.07) is 4.20. The second-order valence-electron chi connectivity index (χ2n) is 8.26. The van der Waals surface area contributed by atoms with Gasteiger partial charge in [-0.2, -0.15) is 0 Å². The summed E-state index contributed by atoms with van der Waals surface area (Å²) < 4.78 is 12.7. The fraction of sp³-hybridized carbons (Fsp3) is 0.565. The average molecular weight is 414 g/mol. The molecule has 4 rings (SSSR count). The van der Waals surface area contributed by atoms with Gasteiger partial charge in [0.2, 0.25) is 0 Å². The number of hydrogen-bond donors (Lipinski definition) is 1. The first-order valence-corrected chi connectivity index (χ1v) is 10.9. The van der Waals surface area contributed by atoms with Crippen LogP contribution in [0.15, 0.2) is 24.5 Å². The summed E-state index contributed by atoms with van der Waals surface area (Å²) in [7, 11) is 2.96. The molecule has 2 saturated heterocycles. The highest BCUT2D eigenvalue weighted by atomic mass is 16.5. The van der Waals surface area contributed by atoms with E-state index in [1.807, 2.05) is 6.20 Å². The number of rotatable bonds is 7. The third-order valence-corrected chi connectivity index (χ3v) is 6.69. The molecule has 0 aliphatic carbocycles. The van der Waals surface area contributed by atoms with E-state index in [1.165, 1.54) is 59.4 Å². The average Bonchev–Trinajstić information content (AvgIpc) is 3.24. The molecule has 1 N–H and O–H groups in total. The third kappa shape index (κ3) is 3.90. The Morgan fingerprint density at radius 3 is 2.77 bits per heavy atom. The topological polar surface area (TPSA) is 76.8 Å². The number of benzene rings is 1. The molecule has 2 atom stereocenters. The minimum Gasteiger partial charge on any atom is -0.493 e. The van der Waals surface area contributed by atoms with E-state index in [9.17, 15) is 9.90 Å². The fourth-order valence-electron chi connectivity index (χ4n) is 5.28. The van der Waals surface area contributed by atoms with Crippen molar-refractivity contribution in [3.8, 4) is 22.9 Å². The molecule has 2 aliphatic rings. The maximum absolute atomic E-state index is 12.1. The van der Waals surface area contributed by atoms with Crippen molar-refractivity contribution >= 4 is 5.97 Å². The Kier molecular flexibility index (Phi) is 6.27.